The highest BCUT2D eigenvalue weighted by molar-refractivity contribution is 6.56. The molecule has 1 saturated heterocycles. The fraction of sp³-hybridized carbons (Fsp3) is 0.409. The van der Waals surface area contributed by atoms with Crippen molar-refractivity contribution >= 4 is 24.6 Å². The van der Waals surface area contributed by atoms with Crippen LogP contribution in [0.5, 0.6) is 5.75 Å². The second-order valence-corrected chi connectivity index (χ2v) is 7.71. The number of amides is 1. The number of allylic oxidation sites excluding steroid dienone is 4. The number of carbonyl (C=O) groups is 1. The van der Waals surface area contributed by atoms with Gasteiger partial charge in [-0.25, -0.2) is 0 Å². The molecule has 0 spiro atoms. The van der Waals surface area contributed by atoms with E-state index < -0.39 is 24.2 Å². The Bertz CT molecular complexity index is 799. The van der Waals surface area contributed by atoms with E-state index in [1.165, 1.54) is 18.2 Å². The summed E-state index contributed by atoms with van der Waals surface area (Å²) in [6, 6.07) is 4.32. The number of carbonyl (C=O) groups excluding carboxylic acids is 1. The third-order valence-corrected chi connectivity index (χ3v) is 5.06. The van der Waals surface area contributed by atoms with E-state index in [1.54, 1.807) is 18.2 Å². The summed E-state index contributed by atoms with van der Waals surface area (Å²) in [5, 5.41) is 13.1. The first-order chi connectivity index (χ1) is 13.5. The maximum absolute atomic E-state index is 12.7. The molecule has 0 aromatic heterocycles. The summed E-state index contributed by atoms with van der Waals surface area (Å²) >= 11 is 5.83. The van der Waals surface area contributed by atoms with Gasteiger partial charge in [0.2, 0.25) is 0 Å². The quantitative estimate of drug-likeness (QED) is 0.492. The van der Waals surface area contributed by atoms with Gasteiger partial charge in [-0.05, 0) is 58.9 Å². The first-order valence-corrected chi connectivity index (χ1v) is 10.0. The van der Waals surface area contributed by atoms with Gasteiger partial charge in [-0.3, -0.25) is 4.79 Å². The minimum absolute atomic E-state index is 0.110. The topological polar surface area (TPSA) is 67.8 Å². The van der Waals surface area contributed by atoms with E-state index in [1.807, 2.05) is 48.5 Å². The first-order valence-electron chi connectivity index (χ1n) is 9.67. The highest BCUT2D eigenvalue weighted by Crippen LogP contribution is 2.39. The van der Waals surface area contributed by atoms with Crippen LogP contribution in [0.3, 0.4) is 0 Å². The van der Waals surface area contributed by atoms with E-state index in [2.05, 4.69) is 11.9 Å². The van der Waals surface area contributed by atoms with Crippen LogP contribution in [0.2, 0.25) is 5.02 Å². The molecular weight excluding hydrogens is 389 g/mol. The monoisotopic (exact) mass is 419 g/mol. The lowest BCUT2D eigenvalue weighted by atomic mass is 9.76. The molecule has 1 aromatic rings. The van der Waals surface area contributed by atoms with E-state index >= 15 is 0 Å². The number of phenolic OH excluding ortho intramolecular Hbond substituents is 1. The van der Waals surface area contributed by atoms with Crippen LogP contribution in [0.1, 0.15) is 58.8 Å². The number of hydrogen-bond acceptors (Lipinski definition) is 4. The van der Waals surface area contributed by atoms with Gasteiger partial charge in [0.25, 0.3) is 5.91 Å². The molecule has 0 saturated carbocycles. The van der Waals surface area contributed by atoms with Crippen molar-refractivity contribution in [2.75, 3.05) is 0 Å². The zero-order valence-corrected chi connectivity index (χ0v) is 19.1. The smallest absolute Gasteiger partial charge is 0.496 e. The Morgan fingerprint density at radius 1 is 1.21 bits per heavy atom. The number of hydrogen-bond donors (Lipinski definition) is 2. The number of nitrogens with one attached hydrogen (secondary N) is 1. The lowest BCUT2D eigenvalue weighted by molar-refractivity contribution is 0.00578. The average molecular weight is 420 g/mol. The van der Waals surface area contributed by atoms with Gasteiger partial charge in [0, 0.05) is 16.2 Å². The SMILES string of the molecule is C=C/C(B1OC(C)(C)C(C)(C)O1)=C(\C=C/C)NC(=O)c1ccc(Cl)cc1O.CC. The Morgan fingerprint density at radius 3 is 2.21 bits per heavy atom. The van der Waals surface area contributed by atoms with Crippen LogP contribution in [0.15, 0.2) is 54.2 Å². The minimum atomic E-state index is -0.683. The van der Waals surface area contributed by atoms with Crippen LogP contribution in [0.4, 0.5) is 0 Å². The van der Waals surface area contributed by atoms with Crippen molar-refractivity contribution < 1.29 is 19.2 Å². The van der Waals surface area contributed by atoms with Crippen LogP contribution in [0, 0.1) is 0 Å². The zero-order valence-electron chi connectivity index (χ0n) is 18.3. The van der Waals surface area contributed by atoms with Crippen molar-refractivity contribution in [3.8, 4) is 5.75 Å². The molecule has 29 heavy (non-hydrogen) atoms. The molecule has 2 rings (SSSR count). The molecule has 0 bridgehead atoms. The van der Waals surface area contributed by atoms with E-state index in [-0.39, 0.29) is 11.3 Å². The van der Waals surface area contributed by atoms with Crippen molar-refractivity contribution in [3.05, 3.63) is 64.8 Å². The second kappa shape index (κ2) is 10.1. The fourth-order valence-electron chi connectivity index (χ4n) is 2.57. The summed E-state index contributed by atoms with van der Waals surface area (Å²) < 4.78 is 12.1. The van der Waals surface area contributed by atoms with E-state index in [0.717, 1.165) is 0 Å². The number of rotatable bonds is 5. The van der Waals surface area contributed by atoms with Crippen LogP contribution in [-0.2, 0) is 9.31 Å². The van der Waals surface area contributed by atoms with E-state index in [9.17, 15) is 9.90 Å². The third kappa shape index (κ3) is 5.75. The molecule has 0 atom stereocenters. The molecule has 1 aromatic carbocycles. The molecule has 1 fully saturated rings. The van der Waals surface area contributed by atoms with Gasteiger partial charge < -0.3 is 19.7 Å². The summed E-state index contributed by atoms with van der Waals surface area (Å²) in [5.41, 5.74) is 0.134. The molecule has 0 unspecified atom stereocenters. The van der Waals surface area contributed by atoms with Gasteiger partial charge in [-0.2, -0.15) is 0 Å². The molecule has 1 heterocycles. The zero-order chi connectivity index (χ0) is 22.4. The van der Waals surface area contributed by atoms with Crippen molar-refractivity contribution in [1.82, 2.24) is 5.32 Å². The van der Waals surface area contributed by atoms with Gasteiger partial charge in [0.15, 0.2) is 0 Å². The average Bonchev–Trinajstić information content (AvgIpc) is 2.84. The molecular formula is C22H31BClNO4. The highest BCUT2D eigenvalue weighted by atomic mass is 35.5. The second-order valence-electron chi connectivity index (χ2n) is 7.28. The Balaban J connectivity index is 0.00000204. The predicted molar refractivity (Wildman–Crippen MR) is 120 cm³/mol. The summed E-state index contributed by atoms with van der Waals surface area (Å²) in [6.07, 6.45) is 5.11. The molecule has 5 nitrogen and oxygen atoms in total. The van der Waals surface area contributed by atoms with Crippen molar-refractivity contribution in [1.29, 1.82) is 0 Å². The Labute approximate surface area is 179 Å². The number of benzene rings is 1. The van der Waals surface area contributed by atoms with Crippen LogP contribution in [0.25, 0.3) is 0 Å². The minimum Gasteiger partial charge on any atom is -0.507 e. The number of phenols is 1. The summed E-state index contributed by atoms with van der Waals surface area (Å²) in [6.45, 7) is 17.5. The Hall–Kier alpha value is -2.02. The molecule has 1 aliphatic heterocycles. The fourth-order valence-corrected chi connectivity index (χ4v) is 2.73. The van der Waals surface area contributed by atoms with E-state index in [4.69, 9.17) is 20.9 Å². The van der Waals surface area contributed by atoms with Gasteiger partial charge in [-0.1, -0.05) is 44.2 Å². The largest absolute Gasteiger partial charge is 0.507 e. The van der Waals surface area contributed by atoms with Crippen molar-refractivity contribution in [2.24, 2.45) is 0 Å². The molecule has 0 aliphatic carbocycles. The summed E-state index contributed by atoms with van der Waals surface area (Å²) in [4.78, 5) is 12.7. The maximum Gasteiger partial charge on any atom is 0.496 e. The number of halogens is 1. The lowest BCUT2D eigenvalue weighted by Crippen LogP contribution is -2.41. The molecule has 1 aliphatic rings. The Kier molecular flexibility index (Phi) is 8.75. The van der Waals surface area contributed by atoms with Crippen LogP contribution in [-0.4, -0.2) is 29.3 Å². The van der Waals surface area contributed by atoms with Crippen LogP contribution >= 0.6 is 11.6 Å². The molecule has 2 N–H and O–H groups in total. The van der Waals surface area contributed by atoms with E-state index in [0.29, 0.717) is 16.2 Å². The van der Waals surface area contributed by atoms with Gasteiger partial charge in [-0.15, -0.1) is 0 Å². The molecule has 158 valence electrons. The number of aromatic hydroxyl groups is 1. The van der Waals surface area contributed by atoms with Gasteiger partial charge >= 0.3 is 7.12 Å². The molecule has 7 heteroatoms. The first kappa shape index (κ1) is 25.0. The molecule has 1 amide bonds. The van der Waals surface area contributed by atoms with Crippen molar-refractivity contribution in [2.45, 2.75) is 59.7 Å². The molecule has 0 radical (unpaired) electrons. The highest BCUT2D eigenvalue weighted by Gasteiger charge is 2.52. The lowest BCUT2D eigenvalue weighted by Gasteiger charge is -2.32. The van der Waals surface area contributed by atoms with Gasteiger partial charge in [0.1, 0.15) is 5.75 Å². The maximum atomic E-state index is 12.7. The standard InChI is InChI=1S/C20H25BClNO4.C2H6/c1-7-9-16(23-18(25)14-11-10-13(22)12-17(14)24)15(8-2)21-26-19(3,4)20(5,6)27-21;1-2/h7-12,24H,2H2,1,3-6H3,(H,23,25);1-2H3/b9-7-,16-15-;. The normalized spacial score (nSPS) is 18.0. The summed E-state index contributed by atoms with van der Waals surface area (Å²) in [5.74, 6) is -0.677. The van der Waals surface area contributed by atoms with Crippen molar-refractivity contribution in [3.63, 3.8) is 0 Å². The van der Waals surface area contributed by atoms with Crippen LogP contribution < -0.4 is 5.32 Å². The van der Waals surface area contributed by atoms with Gasteiger partial charge in [0.05, 0.1) is 16.8 Å². The summed E-state index contributed by atoms with van der Waals surface area (Å²) in [7, 11) is -0.683. The third-order valence-electron chi connectivity index (χ3n) is 4.82. The predicted octanol–water partition coefficient (Wildman–Crippen LogP) is 5.45. The Morgan fingerprint density at radius 2 is 1.76 bits per heavy atom.